The van der Waals surface area contributed by atoms with E-state index in [0.29, 0.717) is 27.3 Å². The molecule has 140 valence electrons. The van der Waals surface area contributed by atoms with Crippen LogP contribution in [-0.4, -0.2) is 18.2 Å². The van der Waals surface area contributed by atoms with Gasteiger partial charge in [-0.3, -0.25) is 4.79 Å². The number of carbonyl (C=O) groups is 1. The molecule has 3 aromatic rings. The van der Waals surface area contributed by atoms with Gasteiger partial charge >= 0.3 is 5.97 Å². The molecule has 0 aliphatic rings. The van der Waals surface area contributed by atoms with E-state index in [4.69, 9.17) is 25.5 Å². The summed E-state index contributed by atoms with van der Waals surface area (Å²) in [5.74, 6) is -0.0391. The Kier molecular flexibility index (Phi) is 5.51. The van der Waals surface area contributed by atoms with Crippen LogP contribution in [0.5, 0.6) is 5.75 Å². The van der Waals surface area contributed by atoms with E-state index >= 15 is 0 Å². The van der Waals surface area contributed by atoms with Gasteiger partial charge in [-0.15, -0.1) is 0 Å². The van der Waals surface area contributed by atoms with Crippen molar-refractivity contribution in [3.63, 3.8) is 0 Å². The molecule has 6 heteroatoms. The molecule has 1 heterocycles. The lowest BCUT2D eigenvalue weighted by Crippen LogP contribution is -2.28. The largest absolute Gasteiger partial charge is 0.479 e. The van der Waals surface area contributed by atoms with Gasteiger partial charge in [0.15, 0.2) is 11.5 Å². The smallest absolute Gasteiger partial charge is 0.347 e. The van der Waals surface area contributed by atoms with Gasteiger partial charge in [0.1, 0.15) is 17.6 Å². The highest BCUT2D eigenvalue weighted by atomic mass is 35.5. The maximum Gasteiger partial charge on any atom is 0.347 e. The molecule has 27 heavy (non-hydrogen) atoms. The molecule has 0 bridgehead atoms. The van der Waals surface area contributed by atoms with Crippen LogP contribution in [0.2, 0.25) is 5.02 Å². The summed E-state index contributed by atoms with van der Waals surface area (Å²) >= 11 is 5.89. The lowest BCUT2D eigenvalue weighted by atomic mass is 10.1. The molecule has 0 radical (unpaired) electrons. The van der Waals surface area contributed by atoms with Crippen molar-refractivity contribution in [2.45, 2.75) is 33.0 Å². The van der Waals surface area contributed by atoms with Gasteiger partial charge in [0.2, 0.25) is 0 Å². The number of esters is 1. The minimum atomic E-state index is -0.773. The average Bonchev–Trinajstić information content (AvgIpc) is 2.62. The average molecular weight is 387 g/mol. The van der Waals surface area contributed by atoms with Crippen molar-refractivity contribution in [1.82, 2.24) is 0 Å². The molecule has 0 saturated heterocycles. The van der Waals surface area contributed by atoms with Crippen LogP contribution in [0.15, 0.2) is 57.9 Å². The molecule has 1 atom stereocenters. The number of rotatable bonds is 5. The molecule has 0 fully saturated rings. The lowest BCUT2D eigenvalue weighted by Gasteiger charge is -2.15. The molecular weight excluding hydrogens is 368 g/mol. The second kappa shape index (κ2) is 7.84. The van der Waals surface area contributed by atoms with Crippen molar-refractivity contribution in [2.24, 2.45) is 0 Å². The molecule has 1 aromatic heterocycles. The quantitative estimate of drug-likeness (QED) is 0.587. The zero-order valence-corrected chi connectivity index (χ0v) is 15.9. The summed E-state index contributed by atoms with van der Waals surface area (Å²) in [6.07, 6.45) is 0.420. The third-order valence-electron chi connectivity index (χ3n) is 3.90. The van der Waals surface area contributed by atoms with Crippen LogP contribution in [0.4, 0.5) is 0 Å². The predicted molar refractivity (Wildman–Crippen MR) is 104 cm³/mol. The van der Waals surface area contributed by atoms with Crippen LogP contribution in [-0.2, 0) is 9.53 Å². The Morgan fingerprint density at radius 1 is 1.07 bits per heavy atom. The Labute approximate surface area is 161 Å². The molecule has 0 spiro atoms. The molecule has 0 unspecified atom stereocenters. The first-order chi connectivity index (χ1) is 12.8. The molecule has 2 aromatic carbocycles. The van der Waals surface area contributed by atoms with E-state index in [1.807, 2.05) is 0 Å². The van der Waals surface area contributed by atoms with E-state index in [1.165, 1.54) is 6.26 Å². The zero-order chi connectivity index (χ0) is 19.6. The van der Waals surface area contributed by atoms with Crippen molar-refractivity contribution in [3.05, 3.63) is 64.0 Å². The summed E-state index contributed by atoms with van der Waals surface area (Å²) in [6, 6.07) is 11.8. The van der Waals surface area contributed by atoms with E-state index in [9.17, 15) is 9.59 Å². The SMILES string of the molecule is CC(C)OC(=O)[C@@H](C)Oc1ccc2c(=O)c(-c3ccc(Cl)cc3)coc2c1. The summed E-state index contributed by atoms with van der Waals surface area (Å²) in [4.78, 5) is 24.6. The van der Waals surface area contributed by atoms with Gasteiger partial charge in [0.25, 0.3) is 0 Å². The fourth-order valence-electron chi connectivity index (χ4n) is 2.59. The third kappa shape index (κ3) is 4.31. The summed E-state index contributed by atoms with van der Waals surface area (Å²) in [5.41, 5.74) is 1.39. The summed E-state index contributed by atoms with van der Waals surface area (Å²) in [5, 5.41) is 1.02. The number of hydrogen-bond donors (Lipinski definition) is 0. The van der Waals surface area contributed by atoms with Gasteiger partial charge in [-0.2, -0.15) is 0 Å². The highest BCUT2D eigenvalue weighted by Gasteiger charge is 2.18. The summed E-state index contributed by atoms with van der Waals surface area (Å²) < 4.78 is 16.3. The first-order valence-corrected chi connectivity index (χ1v) is 8.91. The fraction of sp³-hybridized carbons (Fsp3) is 0.238. The normalized spacial score (nSPS) is 12.2. The molecule has 0 aliphatic carbocycles. The van der Waals surface area contributed by atoms with Crippen molar-refractivity contribution in [2.75, 3.05) is 0 Å². The number of carbonyl (C=O) groups excluding carboxylic acids is 1. The number of ether oxygens (including phenoxy) is 2. The van der Waals surface area contributed by atoms with Gasteiger partial charge in [-0.1, -0.05) is 23.7 Å². The van der Waals surface area contributed by atoms with Crippen LogP contribution >= 0.6 is 11.6 Å². The molecule has 0 amide bonds. The topological polar surface area (TPSA) is 65.7 Å². The second-order valence-corrected chi connectivity index (χ2v) is 6.83. The third-order valence-corrected chi connectivity index (χ3v) is 4.15. The first kappa shape index (κ1) is 19.0. The van der Waals surface area contributed by atoms with Crippen molar-refractivity contribution >= 4 is 28.5 Å². The fourth-order valence-corrected chi connectivity index (χ4v) is 2.72. The van der Waals surface area contributed by atoms with Crippen LogP contribution in [0.1, 0.15) is 20.8 Å². The zero-order valence-electron chi connectivity index (χ0n) is 15.2. The van der Waals surface area contributed by atoms with E-state index < -0.39 is 12.1 Å². The molecule has 0 N–H and O–H groups in total. The number of halogens is 1. The predicted octanol–water partition coefficient (Wildman–Crippen LogP) is 4.83. The Morgan fingerprint density at radius 2 is 1.78 bits per heavy atom. The van der Waals surface area contributed by atoms with Crippen molar-refractivity contribution in [1.29, 1.82) is 0 Å². The van der Waals surface area contributed by atoms with Crippen LogP contribution in [0.3, 0.4) is 0 Å². The number of fused-ring (bicyclic) bond motifs is 1. The van der Waals surface area contributed by atoms with Crippen LogP contribution in [0, 0.1) is 0 Å². The van der Waals surface area contributed by atoms with Gasteiger partial charge in [0.05, 0.1) is 17.1 Å². The minimum absolute atomic E-state index is 0.155. The van der Waals surface area contributed by atoms with Gasteiger partial charge in [0, 0.05) is 11.1 Å². The summed E-state index contributed by atoms with van der Waals surface area (Å²) in [7, 11) is 0. The monoisotopic (exact) mass is 386 g/mol. The maximum atomic E-state index is 12.8. The highest BCUT2D eigenvalue weighted by molar-refractivity contribution is 6.30. The lowest BCUT2D eigenvalue weighted by molar-refractivity contribution is -0.154. The van der Waals surface area contributed by atoms with Crippen molar-refractivity contribution < 1.29 is 18.7 Å². The van der Waals surface area contributed by atoms with Gasteiger partial charge < -0.3 is 13.9 Å². The van der Waals surface area contributed by atoms with Crippen LogP contribution in [0.25, 0.3) is 22.1 Å². The Bertz CT molecular complexity index is 1020. The van der Waals surface area contributed by atoms with Gasteiger partial charge in [-0.25, -0.2) is 4.79 Å². The first-order valence-electron chi connectivity index (χ1n) is 8.54. The Hall–Kier alpha value is -2.79. The van der Waals surface area contributed by atoms with Crippen molar-refractivity contribution in [3.8, 4) is 16.9 Å². The van der Waals surface area contributed by atoms with Crippen LogP contribution < -0.4 is 10.2 Å². The molecule has 3 rings (SSSR count). The van der Waals surface area contributed by atoms with E-state index in [2.05, 4.69) is 0 Å². The second-order valence-electron chi connectivity index (χ2n) is 6.39. The number of hydrogen-bond acceptors (Lipinski definition) is 5. The van der Waals surface area contributed by atoms with E-state index in [0.717, 1.165) is 5.56 Å². The minimum Gasteiger partial charge on any atom is -0.479 e. The van der Waals surface area contributed by atoms with E-state index in [1.54, 1.807) is 63.2 Å². The molecule has 0 aliphatic heterocycles. The number of benzene rings is 2. The standard InChI is InChI=1S/C21H19ClO5/c1-12(2)26-21(24)13(3)27-16-8-9-17-19(10-16)25-11-18(20(17)23)14-4-6-15(22)7-5-14/h4-13H,1-3H3/t13-/m1/s1. The molecular formula is C21H19ClO5. The van der Waals surface area contributed by atoms with E-state index in [-0.39, 0.29) is 11.5 Å². The maximum absolute atomic E-state index is 12.8. The molecule has 0 saturated carbocycles. The Balaban J connectivity index is 1.89. The Morgan fingerprint density at radius 3 is 2.44 bits per heavy atom. The highest BCUT2D eigenvalue weighted by Crippen LogP contribution is 2.24. The van der Waals surface area contributed by atoms with Gasteiger partial charge in [-0.05, 0) is 50.6 Å². The summed E-state index contributed by atoms with van der Waals surface area (Å²) in [6.45, 7) is 5.15. The molecule has 5 nitrogen and oxygen atoms in total.